The first-order valence-electron chi connectivity index (χ1n) is 9.85. The van der Waals surface area contributed by atoms with Crippen LogP contribution in [0.2, 0.25) is 0 Å². The molecule has 0 radical (unpaired) electrons. The Hall–Kier alpha value is -3.04. The third kappa shape index (κ3) is 4.38. The number of halogens is 3. The molecule has 1 aliphatic carbocycles. The van der Waals surface area contributed by atoms with Crippen LogP contribution in [0.25, 0.3) is 22.2 Å². The predicted molar refractivity (Wildman–Crippen MR) is 107 cm³/mol. The molecule has 1 heterocycles. The summed E-state index contributed by atoms with van der Waals surface area (Å²) in [5.41, 5.74) is 2.05. The lowest BCUT2D eigenvalue weighted by atomic mass is 9.75. The highest BCUT2D eigenvalue weighted by Gasteiger charge is 2.37. The van der Waals surface area contributed by atoms with Gasteiger partial charge in [-0.1, -0.05) is 0 Å². The number of nitrogens with one attached hydrogen (secondary N) is 2. The Morgan fingerprint density at radius 2 is 1.87 bits per heavy atom. The number of hydrogen-bond acceptors (Lipinski definition) is 4. The highest BCUT2D eigenvalue weighted by Crippen LogP contribution is 2.46. The van der Waals surface area contributed by atoms with Gasteiger partial charge in [0, 0.05) is 18.0 Å². The smallest absolute Gasteiger partial charge is 0.407 e. The van der Waals surface area contributed by atoms with Crippen molar-refractivity contribution < 1.29 is 32.9 Å². The quantitative estimate of drug-likeness (QED) is 0.477. The molecule has 1 unspecified atom stereocenters. The average Bonchev–Trinajstić information content (AvgIpc) is 3.08. The molecule has 0 aliphatic heterocycles. The third-order valence-electron chi connectivity index (χ3n) is 5.47. The number of carbonyl (C=O) groups is 1. The number of carbonyl (C=O) groups excluding carboxylic acids is 1. The summed E-state index contributed by atoms with van der Waals surface area (Å²) in [5.74, 6) is -1.97. The molecule has 4 rings (SSSR count). The van der Waals surface area contributed by atoms with Crippen LogP contribution < -0.4 is 5.32 Å². The Kier molecular flexibility index (Phi) is 5.88. The van der Waals surface area contributed by atoms with Gasteiger partial charge >= 0.3 is 6.09 Å². The van der Waals surface area contributed by atoms with Gasteiger partial charge in [0.1, 0.15) is 23.6 Å². The van der Waals surface area contributed by atoms with E-state index in [4.69, 9.17) is 9.84 Å². The lowest BCUT2D eigenvalue weighted by molar-refractivity contribution is 0.0348. The van der Waals surface area contributed by atoms with Gasteiger partial charge in [-0.15, -0.1) is 0 Å². The fourth-order valence-electron chi connectivity index (χ4n) is 3.86. The molecule has 0 bridgehead atoms. The number of aromatic amines is 1. The van der Waals surface area contributed by atoms with Crippen molar-refractivity contribution >= 4 is 17.0 Å². The summed E-state index contributed by atoms with van der Waals surface area (Å²) >= 11 is 0. The molecule has 9 heteroatoms. The molecule has 4 N–H and O–H groups in total. The van der Waals surface area contributed by atoms with Crippen LogP contribution in [-0.4, -0.2) is 46.6 Å². The maximum absolute atomic E-state index is 14.4. The number of aliphatic hydroxyl groups is 2. The molecule has 1 amide bonds. The minimum atomic E-state index is -1.07. The highest BCUT2D eigenvalue weighted by molar-refractivity contribution is 5.92. The number of aromatic nitrogens is 1. The van der Waals surface area contributed by atoms with E-state index in [1.165, 1.54) is 18.2 Å². The Morgan fingerprint density at radius 3 is 2.55 bits per heavy atom. The average molecular weight is 434 g/mol. The van der Waals surface area contributed by atoms with Crippen LogP contribution in [0.1, 0.15) is 24.3 Å². The molecule has 1 aromatic heterocycles. The van der Waals surface area contributed by atoms with Crippen LogP contribution in [0.5, 0.6) is 0 Å². The number of rotatable bonds is 6. The van der Waals surface area contributed by atoms with Crippen molar-refractivity contribution in [2.24, 2.45) is 0 Å². The number of ether oxygens (including phenoxy) is 1. The lowest BCUT2D eigenvalue weighted by Gasteiger charge is -2.35. The number of benzene rings is 2. The van der Waals surface area contributed by atoms with Gasteiger partial charge in [-0.25, -0.2) is 18.0 Å². The fourth-order valence-corrected chi connectivity index (χ4v) is 3.86. The Balaban J connectivity index is 1.57. The van der Waals surface area contributed by atoms with E-state index in [9.17, 15) is 23.1 Å². The Bertz CT molecular complexity index is 1090. The van der Waals surface area contributed by atoms with Crippen molar-refractivity contribution in [3.63, 3.8) is 0 Å². The van der Waals surface area contributed by atoms with E-state index in [2.05, 4.69) is 10.3 Å². The predicted octanol–water partition coefficient (Wildman–Crippen LogP) is 3.58. The first-order chi connectivity index (χ1) is 14.9. The van der Waals surface area contributed by atoms with Crippen LogP contribution in [0.15, 0.2) is 36.4 Å². The molecular weight excluding hydrogens is 413 g/mol. The van der Waals surface area contributed by atoms with Gasteiger partial charge < -0.3 is 25.3 Å². The topological polar surface area (TPSA) is 94.6 Å². The zero-order valence-corrected chi connectivity index (χ0v) is 16.4. The summed E-state index contributed by atoms with van der Waals surface area (Å²) in [4.78, 5) is 14.8. The highest BCUT2D eigenvalue weighted by atomic mass is 19.1. The second kappa shape index (κ2) is 8.60. The molecule has 1 aliphatic rings. The van der Waals surface area contributed by atoms with E-state index in [-0.39, 0.29) is 18.0 Å². The Labute approximate surface area is 175 Å². The van der Waals surface area contributed by atoms with Crippen LogP contribution in [0.4, 0.5) is 18.0 Å². The number of hydrogen-bond donors (Lipinski definition) is 4. The molecular formula is C22H21F3N2O4. The van der Waals surface area contributed by atoms with E-state index in [0.717, 1.165) is 6.07 Å². The van der Waals surface area contributed by atoms with Gasteiger partial charge in [-0.05, 0) is 60.2 Å². The zero-order valence-electron chi connectivity index (χ0n) is 16.4. The second-order valence-corrected chi connectivity index (χ2v) is 7.64. The summed E-state index contributed by atoms with van der Waals surface area (Å²) in [7, 11) is 0. The van der Waals surface area contributed by atoms with E-state index in [0.29, 0.717) is 35.0 Å². The molecule has 1 saturated carbocycles. The van der Waals surface area contributed by atoms with Gasteiger partial charge in [-0.3, -0.25) is 0 Å². The summed E-state index contributed by atoms with van der Waals surface area (Å²) < 4.78 is 47.0. The molecule has 2 aromatic carbocycles. The largest absolute Gasteiger partial charge is 0.446 e. The van der Waals surface area contributed by atoms with E-state index < -0.39 is 42.4 Å². The van der Waals surface area contributed by atoms with Gasteiger partial charge in [0.2, 0.25) is 0 Å². The summed E-state index contributed by atoms with van der Waals surface area (Å²) in [6.45, 7) is -0.618. The van der Waals surface area contributed by atoms with E-state index in [1.54, 1.807) is 12.1 Å². The fraction of sp³-hybridized carbons (Fsp3) is 0.318. The normalized spacial score (nSPS) is 19.1. The van der Waals surface area contributed by atoms with Crippen LogP contribution >= 0.6 is 0 Å². The van der Waals surface area contributed by atoms with Gasteiger partial charge in [-0.2, -0.15) is 0 Å². The maximum Gasteiger partial charge on any atom is 0.407 e. The van der Waals surface area contributed by atoms with Crippen molar-refractivity contribution in [2.75, 3.05) is 13.2 Å². The van der Waals surface area contributed by atoms with Gasteiger partial charge in [0.25, 0.3) is 0 Å². The van der Waals surface area contributed by atoms with Crippen LogP contribution in [0.3, 0.4) is 0 Å². The molecule has 3 aromatic rings. The number of aliphatic hydroxyl groups excluding tert-OH is 2. The molecule has 1 fully saturated rings. The summed E-state index contributed by atoms with van der Waals surface area (Å²) in [6, 6.07) is 7.76. The van der Waals surface area contributed by atoms with Crippen molar-refractivity contribution in [3.8, 4) is 11.3 Å². The van der Waals surface area contributed by atoms with Crippen molar-refractivity contribution in [3.05, 3.63) is 59.4 Å². The standard InChI is InChI=1S/C22H21F3N2O4/c23-13-3-1-11(2-4-13)20-19(17-7-14(24)8-18(25)21(17)27-20)12-5-16(6-12)31-22(30)26-9-15(29)10-28/h1-4,7-8,12,15-16,27-29H,5-6,9-10H2,(H,26,30). The lowest BCUT2D eigenvalue weighted by Crippen LogP contribution is -2.39. The minimum Gasteiger partial charge on any atom is -0.446 e. The Morgan fingerprint density at radius 1 is 1.16 bits per heavy atom. The first-order valence-corrected chi connectivity index (χ1v) is 9.85. The monoisotopic (exact) mass is 434 g/mol. The molecule has 1 atom stereocenters. The molecule has 0 spiro atoms. The molecule has 31 heavy (non-hydrogen) atoms. The molecule has 6 nitrogen and oxygen atoms in total. The molecule has 0 saturated heterocycles. The number of alkyl carbamates (subject to hydrolysis) is 1. The van der Waals surface area contributed by atoms with Crippen molar-refractivity contribution in [2.45, 2.75) is 31.0 Å². The zero-order chi connectivity index (χ0) is 22.1. The summed E-state index contributed by atoms with van der Waals surface area (Å²) in [6.07, 6.45) is -1.31. The second-order valence-electron chi connectivity index (χ2n) is 7.64. The van der Waals surface area contributed by atoms with Crippen LogP contribution in [0, 0.1) is 17.5 Å². The SMILES string of the molecule is O=C(NCC(O)CO)OC1CC(c2c(-c3ccc(F)cc3)[nH]c3c(F)cc(F)cc23)C1. The minimum absolute atomic E-state index is 0.129. The van der Waals surface area contributed by atoms with Gasteiger partial charge in [0.15, 0.2) is 0 Å². The van der Waals surface area contributed by atoms with Gasteiger partial charge in [0.05, 0.1) is 23.9 Å². The van der Waals surface area contributed by atoms with E-state index >= 15 is 0 Å². The van der Waals surface area contributed by atoms with Crippen molar-refractivity contribution in [1.29, 1.82) is 0 Å². The maximum atomic E-state index is 14.4. The number of amides is 1. The van der Waals surface area contributed by atoms with Crippen molar-refractivity contribution in [1.82, 2.24) is 10.3 Å². The van der Waals surface area contributed by atoms with E-state index in [1.807, 2.05) is 0 Å². The van der Waals surface area contributed by atoms with Crippen LogP contribution in [-0.2, 0) is 4.74 Å². The molecule has 164 valence electrons. The summed E-state index contributed by atoms with van der Waals surface area (Å²) in [5, 5.41) is 20.8. The number of fused-ring (bicyclic) bond motifs is 1. The first kappa shape index (κ1) is 21.2. The third-order valence-corrected chi connectivity index (χ3v) is 5.47. The number of H-pyrrole nitrogens is 1.